The van der Waals surface area contributed by atoms with Crippen molar-refractivity contribution in [1.82, 2.24) is 0 Å². The van der Waals surface area contributed by atoms with Crippen molar-refractivity contribution in [2.45, 2.75) is 64.6 Å². The standard InChI is InChI=1S/C33H37ClO6/c1-6-39-32(36)19-31-29(35)15-11-22(16-23-10-13-25(37-4)18-30(23)38-5)27-14-12-24(34)17-28(27)33(40-31)26-9-7-8-20(2)21(26)3/h7-10,12-14,17-18,22,31,33H,6,11,15-16,19H2,1-5H3/t22?,31-,33-/m1/s1. The van der Waals surface area contributed by atoms with E-state index in [1.165, 1.54) is 0 Å². The van der Waals surface area contributed by atoms with Crippen molar-refractivity contribution in [1.29, 1.82) is 0 Å². The predicted molar refractivity (Wildman–Crippen MR) is 156 cm³/mol. The lowest BCUT2D eigenvalue weighted by Gasteiger charge is -2.28. The Labute approximate surface area is 241 Å². The van der Waals surface area contributed by atoms with E-state index in [1.807, 2.05) is 68.4 Å². The Morgan fingerprint density at radius 3 is 2.52 bits per heavy atom. The van der Waals surface area contributed by atoms with Gasteiger partial charge in [-0.1, -0.05) is 41.9 Å². The van der Waals surface area contributed by atoms with Crippen molar-refractivity contribution in [3.05, 3.63) is 93.0 Å². The number of methoxy groups -OCH3 is 2. The second-order valence-corrected chi connectivity index (χ2v) is 10.6. The highest BCUT2D eigenvalue weighted by Crippen LogP contribution is 2.42. The van der Waals surface area contributed by atoms with E-state index in [0.717, 1.165) is 39.1 Å². The predicted octanol–water partition coefficient (Wildman–Crippen LogP) is 7.09. The van der Waals surface area contributed by atoms with Crippen molar-refractivity contribution >= 4 is 23.4 Å². The Morgan fingerprint density at radius 2 is 1.80 bits per heavy atom. The van der Waals surface area contributed by atoms with E-state index in [2.05, 4.69) is 0 Å². The molecule has 3 aromatic carbocycles. The van der Waals surface area contributed by atoms with Gasteiger partial charge >= 0.3 is 5.97 Å². The molecule has 0 amide bonds. The summed E-state index contributed by atoms with van der Waals surface area (Å²) < 4.78 is 22.9. The molecule has 0 fully saturated rings. The van der Waals surface area contributed by atoms with Gasteiger partial charge in [0, 0.05) is 17.5 Å². The number of carbonyl (C=O) groups excluding carboxylic acids is 2. The number of hydrogen-bond donors (Lipinski definition) is 0. The lowest BCUT2D eigenvalue weighted by atomic mass is 9.82. The van der Waals surface area contributed by atoms with E-state index >= 15 is 0 Å². The second-order valence-electron chi connectivity index (χ2n) is 10.2. The average molecular weight is 565 g/mol. The Morgan fingerprint density at radius 1 is 1.00 bits per heavy atom. The first kappa shape index (κ1) is 29.6. The minimum atomic E-state index is -0.940. The second kappa shape index (κ2) is 13.3. The van der Waals surface area contributed by atoms with Crippen LogP contribution in [0.4, 0.5) is 0 Å². The average Bonchev–Trinajstić information content (AvgIpc) is 2.99. The maximum absolute atomic E-state index is 13.6. The number of Topliss-reactive ketones (excluding diaryl/α,β-unsaturated/α-hetero) is 1. The van der Waals surface area contributed by atoms with Crippen LogP contribution >= 0.6 is 11.6 Å². The lowest BCUT2D eigenvalue weighted by Crippen LogP contribution is -2.30. The highest BCUT2D eigenvalue weighted by Gasteiger charge is 2.34. The summed E-state index contributed by atoms with van der Waals surface area (Å²) in [6.07, 6.45) is -0.210. The minimum Gasteiger partial charge on any atom is -0.497 e. The number of benzene rings is 3. The molecule has 4 rings (SSSR count). The van der Waals surface area contributed by atoms with Gasteiger partial charge in [-0.05, 0) is 91.1 Å². The van der Waals surface area contributed by atoms with Gasteiger partial charge in [0.25, 0.3) is 0 Å². The number of hydrogen-bond acceptors (Lipinski definition) is 6. The summed E-state index contributed by atoms with van der Waals surface area (Å²) in [5.74, 6) is 0.835. The lowest BCUT2D eigenvalue weighted by molar-refractivity contribution is -0.152. The zero-order valence-electron chi connectivity index (χ0n) is 23.8. The van der Waals surface area contributed by atoms with Gasteiger partial charge in [0.05, 0.1) is 27.2 Å². The third kappa shape index (κ3) is 6.68. The van der Waals surface area contributed by atoms with Crippen LogP contribution in [0, 0.1) is 13.8 Å². The van der Waals surface area contributed by atoms with Crippen molar-refractivity contribution in [2.75, 3.05) is 20.8 Å². The van der Waals surface area contributed by atoms with E-state index in [0.29, 0.717) is 23.6 Å². The van der Waals surface area contributed by atoms with E-state index in [4.69, 9.17) is 30.5 Å². The molecule has 1 aliphatic rings. The highest BCUT2D eigenvalue weighted by atomic mass is 35.5. The van der Waals surface area contributed by atoms with Crippen LogP contribution in [0.2, 0.25) is 5.02 Å². The number of rotatable bonds is 8. The number of ketones is 1. The third-order valence-electron chi connectivity index (χ3n) is 7.72. The summed E-state index contributed by atoms with van der Waals surface area (Å²) >= 11 is 6.58. The summed E-state index contributed by atoms with van der Waals surface area (Å²) in [4.78, 5) is 26.1. The van der Waals surface area contributed by atoms with Crippen molar-refractivity contribution in [3.63, 3.8) is 0 Å². The Hall–Kier alpha value is -3.35. The van der Waals surface area contributed by atoms with Crippen LogP contribution < -0.4 is 9.47 Å². The molecule has 0 saturated heterocycles. The van der Waals surface area contributed by atoms with Crippen LogP contribution in [0.3, 0.4) is 0 Å². The molecule has 1 unspecified atom stereocenters. The molecule has 0 bridgehead atoms. The molecule has 0 N–H and O–H groups in total. The topological polar surface area (TPSA) is 71.1 Å². The van der Waals surface area contributed by atoms with Crippen LogP contribution in [-0.4, -0.2) is 38.7 Å². The fraction of sp³-hybridized carbons (Fsp3) is 0.394. The largest absolute Gasteiger partial charge is 0.497 e. The number of esters is 1. The molecule has 212 valence electrons. The van der Waals surface area contributed by atoms with Gasteiger partial charge in [-0.25, -0.2) is 0 Å². The fourth-order valence-electron chi connectivity index (χ4n) is 5.42. The molecule has 7 heteroatoms. The zero-order chi connectivity index (χ0) is 28.8. The summed E-state index contributed by atoms with van der Waals surface area (Å²) in [6, 6.07) is 17.7. The summed E-state index contributed by atoms with van der Waals surface area (Å²) in [6.45, 7) is 6.09. The maximum Gasteiger partial charge on any atom is 0.308 e. The molecule has 0 aliphatic carbocycles. The molecule has 1 aliphatic heterocycles. The Balaban J connectivity index is 1.86. The normalized spacial score (nSPS) is 19.1. The highest BCUT2D eigenvalue weighted by molar-refractivity contribution is 6.30. The van der Waals surface area contributed by atoms with Gasteiger partial charge in [-0.2, -0.15) is 0 Å². The van der Waals surface area contributed by atoms with Gasteiger partial charge in [0.1, 0.15) is 23.7 Å². The van der Waals surface area contributed by atoms with E-state index < -0.39 is 18.2 Å². The summed E-state index contributed by atoms with van der Waals surface area (Å²) in [7, 11) is 3.27. The Bertz CT molecular complexity index is 1370. The fourth-order valence-corrected chi connectivity index (χ4v) is 5.60. The summed E-state index contributed by atoms with van der Waals surface area (Å²) in [5, 5.41) is 0.575. The molecule has 0 aromatic heterocycles. The van der Waals surface area contributed by atoms with Gasteiger partial charge in [-0.3, -0.25) is 9.59 Å². The molecule has 40 heavy (non-hydrogen) atoms. The van der Waals surface area contributed by atoms with Crippen LogP contribution in [0.1, 0.15) is 71.6 Å². The van der Waals surface area contributed by atoms with Crippen molar-refractivity contribution in [3.8, 4) is 11.5 Å². The van der Waals surface area contributed by atoms with E-state index in [1.54, 1.807) is 21.1 Å². The molecular weight excluding hydrogens is 528 g/mol. The van der Waals surface area contributed by atoms with Crippen molar-refractivity contribution in [2.24, 2.45) is 0 Å². The number of fused-ring (bicyclic) bond motifs is 1. The maximum atomic E-state index is 13.6. The monoisotopic (exact) mass is 564 g/mol. The number of halogens is 1. The molecule has 0 saturated carbocycles. The van der Waals surface area contributed by atoms with Gasteiger partial charge in [-0.15, -0.1) is 0 Å². The first-order valence-electron chi connectivity index (χ1n) is 13.7. The summed E-state index contributed by atoms with van der Waals surface area (Å²) in [5.41, 5.74) is 6.06. The molecule has 6 nitrogen and oxygen atoms in total. The van der Waals surface area contributed by atoms with Gasteiger partial charge in [0.15, 0.2) is 5.78 Å². The van der Waals surface area contributed by atoms with Crippen LogP contribution in [-0.2, 0) is 25.5 Å². The number of carbonyl (C=O) groups is 2. The minimum absolute atomic E-state index is 0.0314. The molecule has 0 spiro atoms. The first-order chi connectivity index (χ1) is 19.2. The molecule has 0 radical (unpaired) electrons. The molecular formula is C33H37ClO6. The number of ether oxygens (including phenoxy) is 4. The smallest absolute Gasteiger partial charge is 0.308 e. The van der Waals surface area contributed by atoms with Crippen molar-refractivity contribution < 1.29 is 28.5 Å². The third-order valence-corrected chi connectivity index (χ3v) is 7.95. The van der Waals surface area contributed by atoms with E-state index in [9.17, 15) is 9.59 Å². The van der Waals surface area contributed by atoms with Gasteiger partial charge in [0.2, 0.25) is 0 Å². The molecule has 1 heterocycles. The molecule has 3 aromatic rings. The van der Waals surface area contributed by atoms with Crippen LogP contribution in [0.5, 0.6) is 11.5 Å². The number of aryl methyl sites for hydroxylation is 1. The van der Waals surface area contributed by atoms with Crippen LogP contribution in [0.25, 0.3) is 0 Å². The SMILES string of the molecule is CCOC(=O)C[C@H]1O[C@H](c2cccc(C)c2C)c2cc(Cl)ccc2C(Cc2ccc(OC)cc2OC)CCC1=O. The zero-order valence-corrected chi connectivity index (χ0v) is 24.5. The van der Waals surface area contributed by atoms with E-state index in [-0.39, 0.29) is 31.1 Å². The molecule has 3 atom stereocenters. The Kier molecular flexibility index (Phi) is 9.88. The van der Waals surface area contributed by atoms with Crippen LogP contribution in [0.15, 0.2) is 54.6 Å². The quantitative estimate of drug-likeness (QED) is 0.272. The van der Waals surface area contributed by atoms with Gasteiger partial charge < -0.3 is 18.9 Å². The first-order valence-corrected chi connectivity index (χ1v) is 14.0.